The molecular formula is C12H13NO5S. The van der Waals surface area contributed by atoms with Crippen LogP contribution < -0.4 is 0 Å². The maximum atomic E-state index is 12.2. The van der Waals surface area contributed by atoms with E-state index in [4.69, 9.17) is 10.2 Å². The molecule has 0 bridgehead atoms. The second-order valence-corrected chi connectivity index (χ2v) is 4.50. The minimum atomic E-state index is -1.25. The van der Waals surface area contributed by atoms with E-state index < -0.39 is 30.9 Å². The molecule has 0 fully saturated rings. The Balaban J connectivity index is 3.04. The van der Waals surface area contributed by atoms with Crippen LogP contribution in [0.5, 0.6) is 0 Å². The van der Waals surface area contributed by atoms with E-state index in [9.17, 15) is 14.4 Å². The summed E-state index contributed by atoms with van der Waals surface area (Å²) in [7, 11) is 0. The van der Waals surface area contributed by atoms with Gasteiger partial charge >= 0.3 is 11.9 Å². The molecule has 1 aromatic rings. The Morgan fingerprint density at radius 1 is 1.11 bits per heavy atom. The number of hydrogen-bond acceptors (Lipinski definition) is 4. The number of amides is 1. The molecule has 0 atom stereocenters. The summed E-state index contributed by atoms with van der Waals surface area (Å²) < 4.78 is 0. The number of carbonyl (C=O) groups is 3. The molecule has 1 aromatic carbocycles. The Morgan fingerprint density at radius 3 is 2.11 bits per heavy atom. The van der Waals surface area contributed by atoms with E-state index in [1.807, 2.05) is 0 Å². The Hall–Kier alpha value is -2.02. The topological polar surface area (TPSA) is 94.9 Å². The van der Waals surface area contributed by atoms with E-state index in [1.165, 1.54) is 11.8 Å². The van der Waals surface area contributed by atoms with Gasteiger partial charge in [0.15, 0.2) is 0 Å². The van der Waals surface area contributed by atoms with E-state index >= 15 is 0 Å². The number of hydrogen-bond donors (Lipinski definition) is 2. The Labute approximate surface area is 114 Å². The second kappa shape index (κ2) is 6.79. The fraction of sp³-hybridized carbons (Fsp3) is 0.250. The lowest BCUT2D eigenvalue weighted by atomic mass is 10.2. The quantitative estimate of drug-likeness (QED) is 0.757. The van der Waals surface area contributed by atoms with Crippen LogP contribution in [0.25, 0.3) is 0 Å². The number of rotatable bonds is 6. The third-order valence-electron chi connectivity index (χ3n) is 2.28. The lowest BCUT2D eigenvalue weighted by Crippen LogP contribution is -2.39. The summed E-state index contributed by atoms with van der Waals surface area (Å²) >= 11 is 1.34. The van der Waals surface area contributed by atoms with Gasteiger partial charge in [0.2, 0.25) is 0 Å². The highest BCUT2D eigenvalue weighted by atomic mass is 32.2. The molecule has 0 heterocycles. The summed E-state index contributed by atoms with van der Waals surface area (Å²) in [5.74, 6) is -3.11. The van der Waals surface area contributed by atoms with Gasteiger partial charge in [-0.3, -0.25) is 14.4 Å². The van der Waals surface area contributed by atoms with E-state index in [0.29, 0.717) is 10.5 Å². The van der Waals surface area contributed by atoms with Crippen molar-refractivity contribution in [2.75, 3.05) is 19.3 Å². The summed E-state index contributed by atoms with van der Waals surface area (Å²) in [4.78, 5) is 35.0. The van der Waals surface area contributed by atoms with E-state index in [-0.39, 0.29) is 0 Å². The maximum absolute atomic E-state index is 12.2. The zero-order valence-corrected chi connectivity index (χ0v) is 11.0. The van der Waals surface area contributed by atoms with Gasteiger partial charge in [0, 0.05) is 4.90 Å². The van der Waals surface area contributed by atoms with Crippen molar-refractivity contribution in [3.8, 4) is 0 Å². The van der Waals surface area contributed by atoms with Crippen molar-refractivity contribution in [2.45, 2.75) is 4.90 Å². The molecule has 0 radical (unpaired) electrons. The molecule has 0 saturated carbocycles. The van der Waals surface area contributed by atoms with Crippen molar-refractivity contribution in [3.63, 3.8) is 0 Å². The first kappa shape index (κ1) is 15.0. The van der Waals surface area contributed by atoms with Crippen molar-refractivity contribution >= 4 is 29.6 Å². The average Bonchev–Trinajstić information content (AvgIpc) is 2.36. The van der Waals surface area contributed by atoms with Crippen LogP contribution in [0, 0.1) is 0 Å². The van der Waals surface area contributed by atoms with Gasteiger partial charge in [-0.25, -0.2) is 0 Å². The van der Waals surface area contributed by atoms with Gasteiger partial charge in [-0.2, -0.15) is 0 Å². The summed E-state index contributed by atoms with van der Waals surface area (Å²) in [5, 5.41) is 17.5. The van der Waals surface area contributed by atoms with Crippen LogP contribution in [-0.2, 0) is 9.59 Å². The fourth-order valence-electron chi connectivity index (χ4n) is 1.52. The summed E-state index contributed by atoms with van der Waals surface area (Å²) in [6, 6.07) is 6.66. The van der Waals surface area contributed by atoms with Gasteiger partial charge in [-0.05, 0) is 18.4 Å². The third-order valence-corrected chi connectivity index (χ3v) is 3.07. The first-order valence-electron chi connectivity index (χ1n) is 5.31. The first-order chi connectivity index (χ1) is 8.95. The number of thioether (sulfide) groups is 1. The van der Waals surface area contributed by atoms with Crippen LogP contribution >= 0.6 is 11.8 Å². The van der Waals surface area contributed by atoms with Crippen molar-refractivity contribution < 1.29 is 24.6 Å². The maximum Gasteiger partial charge on any atom is 0.323 e. The molecule has 0 aliphatic heterocycles. The predicted molar refractivity (Wildman–Crippen MR) is 69.4 cm³/mol. The Morgan fingerprint density at radius 2 is 1.63 bits per heavy atom. The van der Waals surface area contributed by atoms with Gasteiger partial charge in [-0.1, -0.05) is 12.1 Å². The number of carboxylic acids is 2. The molecule has 0 aliphatic carbocycles. The van der Waals surface area contributed by atoms with Crippen molar-refractivity contribution in [3.05, 3.63) is 29.8 Å². The van der Waals surface area contributed by atoms with Crippen LogP contribution in [0.2, 0.25) is 0 Å². The van der Waals surface area contributed by atoms with Gasteiger partial charge in [0.25, 0.3) is 5.91 Å². The number of benzene rings is 1. The molecular weight excluding hydrogens is 270 g/mol. The van der Waals surface area contributed by atoms with Crippen LogP contribution in [-0.4, -0.2) is 52.3 Å². The van der Waals surface area contributed by atoms with E-state index in [1.54, 1.807) is 30.5 Å². The molecule has 1 amide bonds. The van der Waals surface area contributed by atoms with Crippen molar-refractivity contribution in [1.29, 1.82) is 0 Å². The van der Waals surface area contributed by atoms with E-state index in [2.05, 4.69) is 0 Å². The Kier molecular flexibility index (Phi) is 5.37. The van der Waals surface area contributed by atoms with Crippen LogP contribution in [0.4, 0.5) is 0 Å². The lowest BCUT2D eigenvalue weighted by Gasteiger charge is -2.19. The summed E-state index contributed by atoms with van der Waals surface area (Å²) in [6.07, 6.45) is 1.78. The third kappa shape index (κ3) is 4.29. The van der Waals surface area contributed by atoms with Crippen molar-refractivity contribution in [1.82, 2.24) is 4.90 Å². The number of nitrogens with zero attached hydrogens (tertiary/aromatic N) is 1. The molecule has 0 saturated heterocycles. The van der Waals surface area contributed by atoms with Crippen LogP contribution in [0.1, 0.15) is 10.4 Å². The highest BCUT2D eigenvalue weighted by Gasteiger charge is 2.22. The van der Waals surface area contributed by atoms with Crippen molar-refractivity contribution in [2.24, 2.45) is 0 Å². The SMILES string of the molecule is CSc1ccccc1C(=O)N(CC(=O)O)CC(=O)O. The minimum absolute atomic E-state index is 0.303. The number of aliphatic carboxylic acids is 2. The number of carboxylic acid groups (broad SMARTS) is 2. The molecule has 0 aromatic heterocycles. The van der Waals surface area contributed by atoms with Gasteiger partial charge in [0.05, 0.1) is 5.56 Å². The van der Waals surface area contributed by atoms with Gasteiger partial charge in [-0.15, -0.1) is 11.8 Å². The molecule has 102 valence electrons. The fourth-order valence-corrected chi connectivity index (χ4v) is 2.11. The molecule has 19 heavy (non-hydrogen) atoms. The summed E-state index contributed by atoms with van der Waals surface area (Å²) in [5.41, 5.74) is 0.303. The molecule has 0 spiro atoms. The summed E-state index contributed by atoms with van der Waals surface area (Å²) in [6.45, 7) is -1.29. The zero-order chi connectivity index (χ0) is 14.4. The highest BCUT2D eigenvalue weighted by molar-refractivity contribution is 7.98. The Bertz CT molecular complexity index is 487. The average molecular weight is 283 g/mol. The second-order valence-electron chi connectivity index (χ2n) is 3.65. The molecule has 7 heteroatoms. The largest absolute Gasteiger partial charge is 0.480 e. The van der Waals surface area contributed by atoms with E-state index in [0.717, 1.165) is 4.90 Å². The molecule has 6 nitrogen and oxygen atoms in total. The standard InChI is InChI=1S/C12H13NO5S/c1-19-9-5-3-2-4-8(9)12(18)13(6-10(14)15)7-11(16)17/h2-5H,6-7H2,1H3,(H,14,15)(H,16,17). The monoisotopic (exact) mass is 283 g/mol. The minimum Gasteiger partial charge on any atom is -0.480 e. The van der Waals surface area contributed by atoms with Crippen LogP contribution in [0.15, 0.2) is 29.2 Å². The molecule has 0 unspecified atom stereocenters. The predicted octanol–water partition coefficient (Wildman–Crippen LogP) is 1.02. The first-order valence-corrected chi connectivity index (χ1v) is 6.54. The number of carbonyl (C=O) groups excluding carboxylic acids is 1. The van der Waals surface area contributed by atoms with Crippen LogP contribution in [0.3, 0.4) is 0 Å². The highest BCUT2D eigenvalue weighted by Crippen LogP contribution is 2.21. The van der Waals surface area contributed by atoms with Gasteiger partial charge in [0.1, 0.15) is 13.1 Å². The molecule has 2 N–H and O–H groups in total. The molecule has 0 aliphatic rings. The zero-order valence-electron chi connectivity index (χ0n) is 10.2. The lowest BCUT2D eigenvalue weighted by molar-refractivity contribution is -0.140. The molecule has 1 rings (SSSR count). The smallest absolute Gasteiger partial charge is 0.323 e. The van der Waals surface area contributed by atoms with Gasteiger partial charge < -0.3 is 15.1 Å². The normalized spacial score (nSPS) is 9.95.